The first kappa shape index (κ1) is 23.0. The Kier molecular flexibility index (Phi) is 5.87. The molecule has 0 bridgehead atoms. The number of aromatic nitrogens is 5. The van der Waals surface area contributed by atoms with Crippen molar-refractivity contribution in [1.82, 2.24) is 29.5 Å². The van der Waals surface area contributed by atoms with E-state index in [1.54, 1.807) is 6.07 Å². The zero-order valence-corrected chi connectivity index (χ0v) is 18.1. The lowest BCUT2D eigenvalue weighted by Gasteiger charge is -2.10. The molecule has 0 spiro atoms. The molecule has 0 saturated carbocycles. The first-order valence-corrected chi connectivity index (χ1v) is 10.0. The number of benzene rings is 1. The van der Waals surface area contributed by atoms with Gasteiger partial charge >= 0.3 is 6.18 Å². The first-order chi connectivity index (χ1) is 16.1. The van der Waals surface area contributed by atoms with Crippen molar-refractivity contribution in [3.63, 3.8) is 0 Å². The lowest BCUT2D eigenvalue weighted by molar-refractivity contribution is -0.141. The van der Waals surface area contributed by atoms with Crippen LogP contribution < -0.4 is 16.4 Å². The number of carbonyl (C=O) groups is 2. The third-order valence-electron chi connectivity index (χ3n) is 4.76. The van der Waals surface area contributed by atoms with E-state index in [9.17, 15) is 22.8 Å². The Bertz CT molecular complexity index is 1410. The highest BCUT2D eigenvalue weighted by molar-refractivity contribution is 6.34. The SMILES string of the molecule is CNC(=O)c1ccc(Nc2nccn3c(-c4cn(CC(N)=O)nc4C(F)(F)F)cnc23)cc1Cl. The van der Waals surface area contributed by atoms with E-state index < -0.39 is 24.3 Å². The minimum atomic E-state index is -4.78. The summed E-state index contributed by atoms with van der Waals surface area (Å²) in [5.41, 5.74) is 4.69. The summed E-state index contributed by atoms with van der Waals surface area (Å²) >= 11 is 6.18. The monoisotopic (exact) mass is 492 g/mol. The molecule has 1 aromatic carbocycles. The molecule has 4 N–H and O–H groups in total. The number of hydrogen-bond donors (Lipinski definition) is 3. The third-order valence-corrected chi connectivity index (χ3v) is 5.07. The van der Waals surface area contributed by atoms with Crippen LogP contribution in [0.3, 0.4) is 0 Å². The van der Waals surface area contributed by atoms with Gasteiger partial charge in [-0.3, -0.25) is 18.7 Å². The maximum atomic E-state index is 13.6. The van der Waals surface area contributed by atoms with Crippen molar-refractivity contribution in [3.05, 3.63) is 59.3 Å². The lowest BCUT2D eigenvalue weighted by Crippen LogP contribution is -2.19. The Balaban J connectivity index is 1.75. The number of amides is 2. The molecule has 10 nitrogen and oxygen atoms in total. The van der Waals surface area contributed by atoms with E-state index in [1.165, 1.54) is 42.2 Å². The standard InChI is InChI=1S/C20H16ClF3N8O2/c1-26-19(34)11-3-2-10(6-13(11)21)29-17-18-28-7-14(32(18)5-4-27-17)12-8-31(9-15(25)33)30-16(12)20(22,23)24/h2-8H,9H2,1H3,(H2,25,33)(H,26,34)(H,27,29). The van der Waals surface area contributed by atoms with Gasteiger partial charge in [0.05, 0.1) is 28.0 Å². The Hall–Kier alpha value is -4.13. The van der Waals surface area contributed by atoms with Gasteiger partial charge < -0.3 is 16.4 Å². The van der Waals surface area contributed by atoms with Crippen LogP contribution in [0.2, 0.25) is 5.02 Å². The number of anilines is 2. The molecule has 4 rings (SSSR count). The molecule has 0 aliphatic carbocycles. The van der Waals surface area contributed by atoms with Gasteiger partial charge in [0.15, 0.2) is 17.2 Å². The summed E-state index contributed by atoms with van der Waals surface area (Å²) in [4.78, 5) is 31.4. The number of fused-ring (bicyclic) bond motifs is 1. The van der Waals surface area contributed by atoms with Gasteiger partial charge in [0.2, 0.25) is 5.91 Å². The molecule has 3 heterocycles. The number of imidazole rings is 1. The van der Waals surface area contributed by atoms with Gasteiger partial charge in [-0.15, -0.1) is 0 Å². The molecule has 0 atom stereocenters. The Morgan fingerprint density at radius 3 is 2.65 bits per heavy atom. The van der Waals surface area contributed by atoms with E-state index in [-0.39, 0.29) is 39.2 Å². The van der Waals surface area contributed by atoms with Crippen molar-refractivity contribution in [2.24, 2.45) is 5.73 Å². The van der Waals surface area contributed by atoms with Crippen molar-refractivity contribution in [2.75, 3.05) is 12.4 Å². The van der Waals surface area contributed by atoms with E-state index in [4.69, 9.17) is 17.3 Å². The Morgan fingerprint density at radius 1 is 1.24 bits per heavy atom. The van der Waals surface area contributed by atoms with Crippen molar-refractivity contribution in [1.29, 1.82) is 0 Å². The van der Waals surface area contributed by atoms with Crippen LogP contribution in [0.15, 0.2) is 43.0 Å². The van der Waals surface area contributed by atoms with Crippen LogP contribution in [0.4, 0.5) is 24.7 Å². The molecule has 0 saturated heterocycles. The number of carbonyl (C=O) groups excluding carboxylic acids is 2. The molecule has 0 aliphatic heterocycles. The van der Waals surface area contributed by atoms with E-state index in [2.05, 4.69) is 25.7 Å². The number of nitrogens with zero attached hydrogens (tertiary/aromatic N) is 5. The average Bonchev–Trinajstić information content (AvgIpc) is 3.37. The van der Waals surface area contributed by atoms with Gasteiger partial charge in [0.1, 0.15) is 6.54 Å². The summed E-state index contributed by atoms with van der Waals surface area (Å²) < 4.78 is 43.1. The molecule has 2 amide bonds. The summed E-state index contributed by atoms with van der Waals surface area (Å²) in [6.07, 6.45) is 0.366. The predicted molar refractivity (Wildman–Crippen MR) is 117 cm³/mol. The van der Waals surface area contributed by atoms with E-state index >= 15 is 0 Å². The number of primary amides is 1. The lowest BCUT2D eigenvalue weighted by atomic mass is 10.2. The second-order valence-electron chi connectivity index (χ2n) is 7.06. The van der Waals surface area contributed by atoms with Gasteiger partial charge in [-0.1, -0.05) is 11.6 Å². The van der Waals surface area contributed by atoms with Crippen LogP contribution in [-0.2, 0) is 17.5 Å². The topological polar surface area (TPSA) is 132 Å². The first-order valence-electron chi connectivity index (χ1n) is 9.62. The molecular weight excluding hydrogens is 477 g/mol. The van der Waals surface area contributed by atoms with E-state index in [0.29, 0.717) is 5.69 Å². The predicted octanol–water partition coefficient (Wildman–Crippen LogP) is 2.85. The molecular formula is C20H16ClF3N8O2. The number of rotatable bonds is 6. The highest BCUT2D eigenvalue weighted by Crippen LogP contribution is 2.37. The second kappa shape index (κ2) is 8.67. The smallest absolute Gasteiger partial charge is 0.368 e. The normalized spacial score (nSPS) is 11.6. The molecule has 0 radical (unpaired) electrons. The van der Waals surface area contributed by atoms with Gasteiger partial charge in [0, 0.05) is 31.3 Å². The molecule has 4 aromatic rings. The minimum Gasteiger partial charge on any atom is -0.368 e. The van der Waals surface area contributed by atoms with Crippen LogP contribution >= 0.6 is 11.6 Å². The van der Waals surface area contributed by atoms with Crippen molar-refractivity contribution in [3.8, 4) is 11.3 Å². The van der Waals surface area contributed by atoms with E-state index in [0.717, 1.165) is 10.9 Å². The minimum absolute atomic E-state index is 0.0801. The highest BCUT2D eigenvalue weighted by Gasteiger charge is 2.38. The molecule has 34 heavy (non-hydrogen) atoms. The fourth-order valence-corrected chi connectivity index (χ4v) is 3.58. The summed E-state index contributed by atoms with van der Waals surface area (Å²) in [5.74, 6) is -0.958. The number of alkyl halides is 3. The van der Waals surface area contributed by atoms with Crippen LogP contribution in [0, 0.1) is 0 Å². The number of hydrogen-bond acceptors (Lipinski definition) is 6. The highest BCUT2D eigenvalue weighted by atomic mass is 35.5. The van der Waals surface area contributed by atoms with Gasteiger partial charge in [-0.05, 0) is 18.2 Å². The Labute approximate surface area is 194 Å². The summed E-state index contributed by atoms with van der Waals surface area (Å²) in [7, 11) is 1.48. The summed E-state index contributed by atoms with van der Waals surface area (Å²) in [5, 5.41) is 9.15. The Morgan fingerprint density at radius 2 is 2.00 bits per heavy atom. The third kappa shape index (κ3) is 4.37. The van der Waals surface area contributed by atoms with Gasteiger partial charge in [-0.2, -0.15) is 18.3 Å². The quantitative estimate of drug-likeness (QED) is 0.379. The summed E-state index contributed by atoms with van der Waals surface area (Å²) in [6, 6.07) is 4.63. The van der Waals surface area contributed by atoms with Gasteiger partial charge in [0.25, 0.3) is 5.91 Å². The maximum absolute atomic E-state index is 13.6. The van der Waals surface area contributed by atoms with Crippen molar-refractivity contribution < 1.29 is 22.8 Å². The van der Waals surface area contributed by atoms with E-state index in [1.807, 2.05) is 0 Å². The number of halogens is 4. The number of nitrogens with one attached hydrogen (secondary N) is 2. The molecule has 0 aliphatic rings. The van der Waals surface area contributed by atoms with Crippen LogP contribution in [0.1, 0.15) is 16.1 Å². The largest absolute Gasteiger partial charge is 0.435 e. The molecule has 0 fully saturated rings. The molecule has 3 aromatic heterocycles. The average molecular weight is 493 g/mol. The molecule has 176 valence electrons. The zero-order valence-electron chi connectivity index (χ0n) is 17.4. The van der Waals surface area contributed by atoms with Crippen LogP contribution in [0.5, 0.6) is 0 Å². The fraction of sp³-hybridized carbons (Fsp3) is 0.150. The van der Waals surface area contributed by atoms with Crippen LogP contribution in [-0.4, -0.2) is 43.0 Å². The second-order valence-corrected chi connectivity index (χ2v) is 7.47. The summed E-state index contributed by atoms with van der Waals surface area (Å²) in [6.45, 7) is -0.513. The fourth-order valence-electron chi connectivity index (χ4n) is 3.31. The number of nitrogens with two attached hydrogens (primary N) is 1. The zero-order chi connectivity index (χ0) is 24.6. The van der Waals surface area contributed by atoms with Gasteiger partial charge in [-0.25, -0.2) is 9.97 Å². The van der Waals surface area contributed by atoms with Crippen molar-refractivity contribution in [2.45, 2.75) is 12.7 Å². The van der Waals surface area contributed by atoms with Crippen LogP contribution in [0.25, 0.3) is 16.9 Å². The van der Waals surface area contributed by atoms with Crippen molar-refractivity contribution >= 4 is 40.6 Å². The maximum Gasteiger partial charge on any atom is 0.435 e. The molecule has 0 unspecified atom stereocenters. The molecule has 14 heteroatoms.